The fraction of sp³-hybridized carbons (Fsp3) is 0.643. The van der Waals surface area contributed by atoms with Gasteiger partial charge in [0.25, 0.3) is 5.56 Å². The molecule has 1 aromatic rings. The van der Waals surface area contributed by atoms with Gasteiger partial charge in [0, 0.05) is 18.7 Å². The average molecular weight is 310 g/mol. The number of hydrogen-bond acceptors (Lipinski definition) is 5. The van der Waals surface area contributed by atoms with Gasteiger partial charge in [-0.15, -0.1) is 0 Å². The van der Waals surface area contributed by atoms with E-state index in [0.717, 1.165) is 39.3 Å². The van der Waals surface area contributed by atoms with E-state index in [9.17, 15) is 14.7 Å². The van der Waals surface area contributed by atoms with Crippen molar-refractivity contribution in [2.75, 3.05) is 39.4 Å². The van der Waals surface area contributed by atoms with Gasteiger partial charge in [-0.1, -0.05) is 6.92 Å². The van der Waals surface area contributed by atoms with Gasteiger partial charge in [-0.3, -0.25) is 14.8 Å². The molecule has 1 aliphatic heterocycles. The Balaban J connectivity index is 1.99. The number of morpholine rings is 1. The van der Waals surface area contributed by atoms with Crippen LogP contribution in [-0.4, -0.2) is 55.1 Å². The van der Waals surface area contributed by atoms with Crippen molar-refractivity contribution in [2.24, 2.45) is 4.99 Å². The maximum atomic E-state index is 11.8. The number of nitrogens with zero attached hydrogens (tertiary/aromatic N) is 1. The van der Waals surface area contributed by atoms with E-state index in [4.69, 9.17) is 4.74 Å². The van der Waals surface area contributed by atoms with E-state index in [1.165, 1.54) is 4.90 Å². The Labute approximate surface area is 127 Å². The molecule has 1 fully saturated rings. The SMILES string of the molecule is CCC(=NCCC[NH+]1CCOCC1)c1c([O-])[nH]c(=O)[nH]c1=O. The summed E-state index contributed by atoms with van der Waals surface area (Å²) in [5, 5.41) is 11.8. The highest BCUT2D eigenvalue weighted by Crippen LogP contribution is 2.06. The Kier molecular flexibility index (Phi) is 5.91. The Hall–Kier alpha value is -1.93. The summed E-state index contributed by atoms with van der Waals surface area (Å²) in [4.78, 5) is 32.8. The number of H-pyrrole nitrogens is 2. The maximum absolute atomic E-state index is 11.8. The molecule has 1 aromatic heterocycles. The van der Waals surface area contributed by atoms with Crippen LogP contribution in [0.4, 0.5) is 0 Å². The smallest absolute Gasteiger partial charge is 0.325 e. The first-order chi connectivity index (χ1) is 10.6. The molecule has 0 radical (unpaired) electrons. The van der Waals surface area contributed by atoms with Crippen LogP contribution in [-0.2, 0) is 4.74 Å². The Morgan fingerprint density at radius 2 is 2.05 bits per heavy atom. The quantitative estimate of drug-likeness (QED) is 0.403. The molecule has 8 heteroatoms. The Bertz CT molecular complexity index is 628. The molecule has 0 amide bonds. The molecule has 0 aliphatic carbocycles. The fourth-order valence-corrected chi connectivity index (χ4v) is 2.55. The summed E-state index contributed by atoms with van der Waals surface area (Å²) in [6.45, 7) is 7.00. The first kappa shape index (κ1) is 16.4. The van der Waals surface area contributed by atoms with Gasteiger partial charge in [0.1, 0.15) is 13.1 Å². The molecule has 1 saturated heterocycles. The number of nitrogens with one attached hydrogen (secondary N) is 3. The molecule has 1 aliphatic rings. The summed E-state index contributed by atoms with van der Waals surface area (Å²) >= 11 is 0. The van der Waals surface area contributed by atoms with Crippen LogP contribution in [0.1, 0.15) is 25.3 Å². The van der Waals surface area contributed by atoms with Gasteiger partial charge in [-0.2, -0.15) is 0 Å². The van der Waals surface area contributed by atoms with E-state index in [2.05, 4.69) is 15.0 Å². The van der Waals surface area contributed by atoms with E-state index in [1.54, 1.807) is 0 Å². The predicted molar refractivity (Wildman–Crippen MR) is 79.8 cm³/mol. The summed E-state index contributed by atoms with van der Waals surface area (Å²) in [6.07, 6.45) is 1.35. The average Bonchev–Trinajstić information content (AvgIpc) is 2.49. The molecule has 0 aromatic carbocycles. The molecule has 3 N–H and O–H groups in total. The largest absolute Gasteiger partial charge is 0.860 e. The second-order valence-electron chi connectivity index (χ2n) is 5.26. The molecule has 0 saturated carbocycles. The van der Waals surface area contributed by atoms with Crippen molar-refractivity contribution in [1.29, 1.82) is 0 Å². The van der Waals surface area contributed by atoms with Crippen LogP contribution >= 0.6 is 0 Å². The minimum Gasteiger partial charge on any atom is -0.860 e. The van der Waals surface area contributed by atoms with Crippen LogP contribution in [0.15, 0.2) is 14.6 Å². The van der Waals surface area contributed by atoms with Gasteiger partial charge in [0.2, 0.25) is 0 Å². The number of quaternary nitrogens is 1. The third kappa shape index (κ3) is 4.28. The lowest BCUT2D eigenvalue weighted by molar-refractivity contribution is -0.908. The molecular weight excluding hydrogens is 288 g/mol. The third-order valence-corrected chi connectivity index (χ3v) is 3.72. The minimum absolute atomic E-state index is 0.0548. The monoisotopic (exact) mass is 310 g/mol. The van der Waals surface area contributed by atoms with Gasteiger partial charge in [-0.05, 0) is 12.3 Å². The summed E-state index contributed by atoms with van der Waals surface area (Å²) < 4.78 is 5.31. The maximum Gasteiger partial charge on any atom is 0.325 e. The highest BCUT2D eigenvalue weighted by Gasteiger charge is 2.13. The summed E-state index contributed by atoms with van der Waals surface area (Å²) in [7, 11) is 0. The van der Waals surface area contributed by atoms with Crippen molar-refractivity contribution in [3.05, 3.63) is 26.4 Å². The first-order valence-electron chi connectivity index (χ1n) is 7.60. The number of rotatable bonds is 6. The lowest BCUT2D eigenvalue weighted by Gasteiger charge is -2.23. The van der Waals surface area contributed by atoms with Crippen molar-refractivity contribution >= 4 is 5.71 Å². The topological polar surface area (TPSA) is 115 Å². The van der Waals surface area contributed by atoms with Crippen LogP contribution in [0, 0.1) is 0 Å². The molecule has 0 unspecified atom stereocenters. The van der Waals surface area contributed by atoms with Gasteiger partial charge >= 0.3 is 5.69 Å². The first-order valence-corrected chi connectivity index (χ1v) is 7.60. The van der Waals surface area contributed by atoms with E-state index >= 15 is 0 Å². The predicted octanol–water partition coefficient (Wildman–Crippen LogP) is -2.36. The minimum atomic E-state index is -0.787. The van der Waals surface area contributed by atoms with Crippen molar-refractivity contribution < 1.29 is 14.7 Å². The van der Waals surface area contributed by atoms with Gasteiger partial charge in [0.15, 0.2) is 0 Å². The molecule has 8 nitrogen and oxygen atoms in total. The molecular formula is C14H22N4O4. The molecule has 2 heterocycles. The number of ether oxygens (including phenoxy) is 1. The number of hydrogen-bond donors (Lipinski definition) is 3. The van der Waals surface area contributed by atoms with E-state index < -0.39 is 17.1 Å². The zero-order valence-electron chi connectivity index (χ0n) is 12.7. The van der Waals surface area contributed by atoms with Crippen molar-refractivity contribution in [1.82, 2.24) is 9.97 Å². The number of aromatic amines is 2. The third-order valence-electron chi connectivity index (χ3n) is 3.72. The standard InChI is InChI=1S/C14H22N4O4/c1-2-10(11-12(19)16-14(21)17-13(11)20)15-4-3-5-18-6-8-22-9-7-18/h2-9H2,1H3,(H3,16,17,19,20,21). The van der Waals surface area contributed by atoms with Crippen molar-refractivity contribution in [3.63, 3.8) is 0 Å². The summed E-state index contributed by atoms with van der Waals surface area (Å²) in [5.74, 6) is -0.673. The number of aliphatic imine (C=N–C) groups is 1. The van der Waals surface area contributed by atoms with Crippen molar-refractivity contribution in [3.8, 4) is 5.88 Å². The number of aromatic nitrogens is 2. The van der Waals surface area contributed by atoms with E-state index in [-0.39, 0.29) is 5.56 Å². The van der Waals surface area contributed by atoms with Gasteiger partial charge < -0.3 is 19.7 Å². The molecule has 0 spiro atoms. The molecule has 0 bridgehead atoms. The van der Waals surface area contributed by atoms with Gasteiger partial charge in [-0.25, -0.2) is 4.79 Å². The highest BCUT2D eigenvalue weighted by molar-refractivity contribution is 6.01. The fourth-order valence-electron chi connectivity index (χ4n) is 2.55. The van der Waals surface area contributed by atoms with Crippen LogP contribution < -0.4 is 21.3 Å². The van der Waals surface area contributed by atoms with E-state index in [1.807, 2.05) is 6.92 Å². The molecule has 22 heavy (non-hydrogen) atoms. The molecule has 2 rings (SSSR count). The van der Waals surface area contributed by atoms with Crippen LogP contribution in [0.5, 0.6) is 5.88 Å². The van der Waals surface area contributed by atoms with Gasteiger partial charge in [0.05, 0.1) is 25.3 Å². The van der Waals surface area contributed by atoms with Crippen LogP contribution in [0.2, 0.25) is 0 Å². The normalized spacial score (nSPS) is 16.9. The van der Waals surface area contributed by atoms with Crippen LogP contribution in [0.25, 0.3) is 0 Å². The Morgan fingerprint density at radius 1 is 1.32 bits per heavy atom. The van der Waals surface area contributed by atoms with E-state index in [0.29, 0.717) is 18.7 Å². The molecule has 122 valence electrons. The Morgan fingerprint density at radius 3 is 2.68 bits per heavy atom. The summed E-state index contributed by atoms with van der Waals surface area (Å²) in [6, 6.07) is 0. The second-order valence-corrected chi connectivity index (χ2v) is 5.26. The van der Waals surface area contributed by atoms with Crippen molar-refractivity contribution in [2.45, 2.75) is 19.8 Å². The van der Waals surface area contributed by atoms with Crippen LogP contribution in [0.3, 0.4) is 0 Å². The zero-order valence-corrected chi connectivity index (χ0v) is 12.7. The second kappa shape index (κ2) is 7.90. The lowest BCUT2D eigenvalue weighted by atomic mass is 10.1. The zero-order chi connectivity index (χ0) is 15.9. The molecule has 0 atom stereocenters. The highest BCUT2D eigenvalue weighted by atomic mass is 16.5. The lowest BCUT2D eigenvalue weighted by Crippen LogP contribution is -3.14. The summed E-state index contributed by atoms with van der Waals surface area (Å²) in [5.41, 5.74) is -1.07.